The number of nitrogens with zero attached hydrogens (tertiary/aromatic N) is 2. The van der Waals surface area contributed by atoms with Crippen LogP contribution in [-0.2, 0) is 11.2 Å². The van der Waals surface area contributed by atoms with Gasteiger partial charge in [-0.3, -0.25) is 9.89 Å². The van der Waals surface area contributed by atoms with Crippen LogP contribution in [0.5, 0.6) is 0 Å². The molecule has 0 spiro atoms. The van der Waals surface area contributed by atoms with Crippen molar-refractivity contribution in [2.75, 3.05) is 11.1 Å². The Morgan fingerprint density at radius 3 is 2.96 bits per heavy atom. The second-order valence-corrected chi connectivity index (χ2v) is 7.13. The number of anilines is 1. The molecule has 0 aliphatic heterocycles. The fourth-order valence-corrected chi connectivity index (χ4v) is 3.60. The van der Waals surface area contributed by atoms with Crippen molar-refractivity contribution in [2.45, 2.75) is 25.4 Å². The van der Waals surface area contributed by atoms with Gasteiger partial charge in [-0.2, -0.15) is 0 Å². The smallest absolute Gasteiger partial charge is 0.234 e. The van der Waals surface area contributed by atoms with E-state index >= 15 is 0 Å². The Morgan fingerprint density at radius 2 is 2.21 bits per heavy atom. The molecule has 5 nitrogen and oxygen atoms in total. The summed E-state index contributed by atoms with van der Waals surface area (Å²) in [6.45, 7) is 4.09. The average Bonchev–Trinajstić information content (AvgIpc) is 3.26. The number of thioether (sulfide) groups is 1. The molecule has 0 fully saturated rings. The van der Waals surface area contributed by atoms with Crippen molar-refractivity contribution in [2.24, 2.45) is 0 Å². The highest BCUT2D eigenvalue weighted by Gasteiger charge is 2.12. The minimum atomic E-state index is -0.0496. The lowest BCUT2D eigenvalue weighted by molar-refractivity contribution is -0.113. The Labute approximate surface area is 148 Å². The second-order valence-electron chi connectivity index (χ2n) is 5.24. The average molecular weight is 358 g/mol. The zero-order valence-corrected chi connectivity index (χ0v) is 15.1. The number of carbonyl (C=O) groups excluding carboxylic acids is 1. The number of carbonyl (C=O) groups is 1. The number of thiophene rings is 1. The van der Waals surface area contributed by atoms with E-state index in [9.17, 15) is 4.79 Å². The Bertz CT molecular complexity index is 827. The fourth-order valence-electron chi connectivity index (χ4n) is 2.34. The molecular weight excluding hydrogens is 340 g/mol. The molecule has 1 aromatic carbocycles. The van der Waals surface area contributed by atoms with Gasteiger partial charge in [0.15, 0.2) is 5.82 Å². The third-order valence-corrected chi connectivity index (χ3v) is 5.28. The minimum Gasteiger partial charge on any atom is -0.325 e. The van der Waals surface area contributed by atoms with E-state index in [4.69, 9.17) is 0 Å². The molecule has 1 amide bonds. The largest absolute Gasteiger partial charge is 0.325 e. The van der Waals surface area contributed by atoms with Crippen LogP contribution >= 0.6 is 23.1 Å². The molecular formula is C17H18N4OS2. The van der Waals surface area contributed by atoms with Crippen molar-refractivity contribution in [3.05, 3.63) is 46.8 Å². The predicted octanol–water partition coefficient (Wildman–Crippen LogP) is 4.13. The van der Waals surface area contributed by atoms with Crippen molar-refractivity contribution in [3.63, 3.8) is 0 Å². The van der Waals surface area contributed by atoms with Crippen molar-refractivity contribution in [3.8, 4) is 10.7 Å². The second kappa shape index (κ2) is 7.63. The van der Waals surface area contributed by atoms with E-state index in [1.54, 1.807) is 11.3 Å². The van der Waals surface area contributed by atoms with Gasteiger partial charge in [0, 0.05) is 5.69 Å². The lowest BCUT2D eigenvalue weighted by Gasteiger charge is -2.12. The number of amides is 1. The maximum atomic E-state index is 12.2. The SMILES string of the molecule is CCc1cccc(C)c1NC(=O)CSc1n[nH]c(-c2cccs2)n1. The van der Waals surface area contributed by atoms with Gasteiger partial charge in [-0.25, -0.2) is 4.98 Å². The summed E-state index contributed by atoms with van der Waals surface area (Å²) in [5.41, 5.74) is 3.14. The van der Waals surface area contributed by atoms with E-state index < -0.39 is 0 Å². The van der Waals surface area contributed by atoms with Gasteiger partial charge in [-0.15, -0.1) is 16.4 Å². The number of para-hydroxylation sites is 1. The van der Waals surface area contributed by atoms with Crippen LogP contribution in [0.2, 0.25) is 0 Å². The summed E-state index contributed by atoms with van der Waals surface area (Å²) in [5, 5.41) is 12.6. The first-order valence-electron chi connectivity index (χ1n) is 7.64. The fraction of sp³-hybridized carbons (Fsp3) is 0.235. The highest BCUT2D eigenvalue weighted by molar-refractivity contribution is 7.99. The summed E-state index contributed by atoms with van der Waals surface area (Å²) in [6.07, 6.45) is 0.884. The zero-order valence-electron chi connectivity index (χ0n) is 13.5. The van der Waals surface area contributed by atoms with E-state index in [0.717, 1.165) is 33.9 Å². The van der Waals surface area contributed by atoms with Gasteiger partial charge in [0.25, 0.3) is 0 Å². The molecule has 2 aromatic heterocycles. The molecule has 0 radical (unpaired) electrons. The lowest BCUT2D eigenvalue weighted by atomic mass is 10.1. The Hall–Kier alpha value is -2.12. The quantitative estimate of drug-likeness (QED) is 0.650. The maximum Gasteiger partial charge on any atom is 0.234 e. The van der Waals surface area contributed by atoms with E-state index in [2.05, 4.69) is 27.4 Å². The van der Waals surface area contributed by atoms with Crippen molar-refractivity contribution >= 4 is 34.7 Å². The zero-order chi connectivity index (χ0) is 16.9. The van der Waals surface area contributed by atoms with Gasteiger partial charge >= 0.3 is 0 Å². The number of nitrogens with one attached hydrogen (secondary N) is 2. The van der Waals surface area contributed by atoms with Gasteiger partial charge < -0.3 is 5.32 Å². The molecule has 3 aromatic rings. The predicted molar refractivity (Wildman–Crippen MR) is 99.6 cm³/mol. The Kier molecular flexibility index (Phi) is 5.32. The first-order chi connectivity index (χ1) is 11.7. The third-order valence-electron chi connectivity index (χ3n) is 3.56. The van der Waals surface area contributed by atoms with Crippen molar-refractivity contribution in [1.82, 2.24) is 15.2 Å². The van der Waals surface area contributed by atoms with E-state index in [0.29, 0.717) is 5.16 Å². The van der Waals surface area contributed by atoms with E-state index in [1.807, 2.05) is 42.6 Å². The molecule has 0 unspecified atom stereocenters. The van der Waals surface area contributed by atoms with Crippen LogP contribution in [0.25, 0.3) is 10.7 Å². The molecule has 0 atom stereocenters. The molecule has 0 aliphatic carbocycles. The summed E-state index contributed by atoms with van der Waals surface area (Å²) < 4.78 is 0. The molecule has 2 heterocycles. The Balaban J connectivity index is 1.60. The highest BCUT2D eigenvalue weighted by atomic mass is 32.2. The molecule has 0 saturated carbocycles. The van der Waals surface area contributed by atoms with Crippen LogP contribution in [0.3, 0.4) is 0 Å². The summed E-state index contributed by atoms with van der Waals surface area (Å²) in [6, 6.07) is 10.0. The lowest BCUT2D eigenvalue weighted by Crippen LogP contribution is -2.16. The van der Waals surface area contributed by atoms with Crippen molar-refractivity contribution < 1.29 is 4.79 Å². The van der Waals surface area contributed by atoms with Crippen LogP contribution in [-0.4, -0.2) is 26.8 Å². The molecule has 3 rings (SSSR count). The number of rotatable bonds is 6. The van der Waals surface area contributed by atoms with Crippen LogP contribution in [0.1, 0.15) is 18.1 Å². The van der Waals surface area contributed by atoms with E-state index in [1.165, 1.54) is 11.8 Å². The first-order valence-corrected chi connectivity index (χ1v) is 9.51. The van der Waals surface area contributed by atoms with Gasteiger partial charge in [-0.05, 0) is 35.9 Å². The molecule has 0 bridgehead atoms. The summed E-state index contributed by atoms with van der Waals surface area (Å²) in [4.78, 5) is 17.7. The van der Waals surface area contributed by atoms with Crippen LogP contribution in [0, 0.1) is 6.92 Å². The summed E-state index contributed by atoms with van der Waals surface area (Å²) in [7, 11) is 0. The monoisotopic (exact) mass is 358 g/mol. The summed E-state index contributed by atoms with van der Waals surface area (Å²) >= 11 is 2.92. The molecule has 124 valence electrons. The molecule has 24 heavy (non-hydrogen) atoms. The standard InChI is InChI=1S/C17H18N4OS2/c1-3-12-7-4-6-11(2)15(12)18-14(22)10-24-17-19-16(20-21-17)13-8-5-9-23-13/h4-9H,3,10H2,1-2H3,(H,18,22)(H,19,20,21). The highest BCUT2D eigenvalue weighted by Crippen LogP contribution is 2.24. The maximum absolute atomic E-state index is 12.2. The first kappa shape index (κ1) is 16.7. The number of aromatic amines is 1. The van der Waals surface area contributed by atoms with Gasteiger partial charge in [0.2, 0.25) is 11.1 Å². The minimum absolute atomic E-state index is 0.0496. The number of benzene rings is 1. The number of hydrogen-bond acceptors (Lipinski definition) is 5. The number of aromatic nitrogens is 3. The van der Waals surface area contributed by atoms with Gasteiger partial charge in [0.05, 0.1) is 10.6 Å². The summed E-state index contributed by atoms with van der Waals surface area (Å²) in [5.74, 6) is 0.964. The molecule has 0 saturated heterocycles. The van der Waals surface area contributed by atoms with Crippen molar-refractivity contribution in [1.29, 1.82) is 0 Å². The Morgan fingerprint density at radius 1 is 1.33 bits per heavy atom. The topological polar surface area (TPSA) is 70.7 Å². The van der Waals surface area contributed by atoms with Gasteiger partial charge in [0.1, 0.15) is 0 Å². The number of aryl methyl sites for hydroxylation is 2. The van der Waals surface area contributed by atoms with Gasteiger partial charge in [-0.1, -0.05) is 43.0 Å². The van der Waals surface area contributed by atoms with Crippen LogP contribution in [0.4, 0.5) is 5.69 Å². The third kappa shape index (κ3) is 3.85. The number of hydrogen-bond donors (Lipinski definition) is 2. The number of H-pyrrole nitrogens is 1. The van der Waals surface area contributed by atoms with Crippen LogP contribution < -0.4 is 5.32 Å². The van der Waals surface area contributed by atoms with E-state index in [-0.39, 0.29) is 11.7 Å². The van der Waals surface area contributed by atoms with Crippen LogP contribution in [0.15, 0.2) is 40.9 Å². The molecule has 0 aliphatic rings. The molecule has 7 heteroatoms. The molecule has 2 N–H and O–H groups in total. The normalized spacial score (nSPS) is 10.8.